The van der Waals surface area contributed by atoms with E-state index in [4.69, 9.17) is 0 Å². The van der Waals surface area contributed by atoms with Crippen molar-refractivity contribution in [1.82, 2.24) is 9.62 Å². The van der Waals surface area contributed by atoms with Gasteiger partial charge in [-0.05, 0) is 57.3 Å². The Morgan fingerprint density at radius 3 is 2.00 bits per heavy atom. The fraction of sp³-hybridized carbons (Fsp3) is 1.00. The first-order valence-corrected chi connectivity index (χ1v) is 10.3. The van der Waals surface area contributed by atoms with Gasteiger partial charge in [0.1, 0.15) is 0 Å². The Morgan fingerprint density at radius 2 is 1.52 bits per heavy atom. The average Bonchev–Trinajstić information content (AvgIpc) is 2.48. The van der Waals surface area contributed by atoms with E-state index in [2.05, 4.69) is 19.2 Å². The van der Waals surface area contributed by atoms with E-state index in [-0.39, 0.29) is 5.75 Å². The van der Waals surface area contributed by atoms with Crippen molar-refractivity contribution >= 4 is 10.0 Å². The molecule has 21 heavy (non-hydrogen) atoms. The summed E-state index contributed by atoms with van der Waals surface area (Å²) in [6.45, 7) is 7.78. The highest BCUT2D eigenvalue weighted by molar-refractivity contribution is 7.89. The molecule has 0 aromatic carbocycles. The van der Waals surface area contributed by atoms with E-state index in [1.165, 1.54) is 25.7 Å². The second-order valence-corrected chi connectivity index (χ2v) is 9.35. The third kappa shape index (κ3) is 4.67. The predicted octanol–water partition coefficient (Wildman–Crippen LogP) is 2.60. The third-order valence-electron chi connectivity index (χ3n) is 5.40. The fourth-order valence-corrected chi connectivity index (χ4v) is 4.90. The van der Waals surface area contributed by atoms with Crippen LogP contribution in [0.2, 0.25) is 0 Å². The molecule has 1 aliphatic carbocycles. The molecule has 0 bridgehead atoms. The second-order valence-electron chi connectivity index (χ2n) is 7.10. The Balaban J connectivity index is 1.72. The summed E-state index contributed by atoms with van der Waals surface area (Å²) in [7, 11) is -2.99. The summed E-state index contributed by atoms with van der Waals surface area (Å²) in [6, 6.07) is 1.16. The highest BCUT2D eigenvalue weighted by Gasteiger charge is 2.29. The van der Waals surface area contributed by atoms with Gasteiger partial charge in [-0.25, -0.2) is 12.7 Å². The third-order valence-corrected chi connectivity index (χ3v) is 7.28. The average molecular weight is 317 g/mol. The highest BCUT2D eigenvalue weighted by atomic mass is 32.2. The number of hydrogen-bond acceptors (Lipinski definition) is 3. The maximum Gasteiger partial charge on any atom is 0.213 e. The monoisotopic (exact) mass is 316 g/mol. The first-order chi connectivity index (χ1) is 9.92. The van der Waals surface area contributed by atoms with Gasteiger partial charge < -0.3 is 5.32 Å². The Morgan fingerprint density at radius 1 is 1.00 bits per heavy atom. The molecule has 0 atom stereocenters. The van der Waals surface area contributed by atoms with Gasteiger partial charge >= 0.3 is 0 Å². The number of sulfonamides is 1. The van der Waals surface area contributed by atoms with E-state index in [1.807, 2.05) is 0 Å². The van der Waals surface area contributed by atoms with Crippen molar-refractivity contribution in [3.63, 3.8) is 0 Å². The van der Waals surface area contributed by atoms with E-state index < -0.39 is 10.0 Å². The molecule has 124 valence electrons. The molecule has 0 aromatic rings. The number of nitrogens with one attached hydrogen (secondary N) is 1. The minimum absolute atomic E-state index is 0.226. The maximum absolute atomic E-state index is 11.9. The SMILES string of the molecule is CCS(=O)(=O)N1CCC(NC2CCC(C(C)C)CC2)CC1. The summed E-state index contributed by atoms with van der Waals surface area (Å²) >= 11 is 0. The van der Waals surface area contributed by atoms with Crippen molar-refractivity contribution in [2.24, 2.45) is 11.8 Å². The molecule has 4 nitrogen and oxygen atoms in total. The van der Waals surface area contributed by atoms with Crippen LogP contribution in [0.25, 0.3) is 0 Å². The predicted molar refractivity (Wildman–Crippen MR) is 87.8 cm³/mol. The van der Waals surface area contributed by atoms with Crippen LogP contribution in [-0.2, 0) is 10.0 Å². The largest absolute Gasteiger partial charge is 0.311 e. The smallest absolute Gasteiger partial charge is 0.213 e. The minimum atomic E-state index is -2.99. The molecule has 1 N–H and O–H groups in total. The van der Waals surface area contributed by atoms with Crippen LogP contribution in [-0.4, -0.2) is 43.6 Å². The van der Waals surface area contributed by atoms with E-state index in [0.29, 0.717) is 25.2 Å². The molecule has 2 aliphatic rings. The van der Waals surface area contributed by atoms with Crippen molar-refractivity contribution in [2.45, 2.75) is 71.4 Å². The summed E-state index contributed by atoms with van der Waals surface area (Å²) in [5.74, 6) is 1.94. The van der Waals surface area contributed by atoms with Crippen LogP contribution >= 0.6 is 0 Å². The molecule has 1 saturated carbocycles. The van der Waals surface area contributed by atoms with Gasteiger partial charge in [0.2, 0.25) is 10.0 Å². The topological polar surface area (TPSA) is 49.4 Å². The molecule has 2 fully saturated rings. The Kier molecular flexibility index (Phi) is 6.09. The molecule has 0 radical (unpaired) electrons. The second kappa shape index (κ2) is 7.42. The van der Waals surface area contributed by atoms with Crippen LogP contribution in [0.5, 0.6) is 0 Å². The van der Waals surface area contributed by atoms with Gasteiger partial charge in [0, 0.05) is 25.2 Å². The van der Waals surface area contributed by atoms with Crippen molar-refractivity contribution < 1.29 is 8.42 Å². The Bertz CT molecular complexity index is 406. The van der Waals surface area contributed by atoms with Crippen LogP contribution in [0.15, 0.2) is 0 Å². The zero-order valence-corrected chi connectivity index (χ0v) is 14.7. The molecule has 2 rings (SSSR count). The molecule has 1 saturated heterocycles. The first kappa shape index (κ1) is 17.2. The van der Waals surface area contributed by atoms with Gasteiger partial charge in [-0.3, -0.25) is 0 Å². The lowest BCUT2D eigenvalue weighted by Crippen LogP contribution is -2.48. The molecule has 0 amide bonds. The summed E-state index contributed by atoms with van der Waals surface area (Å²) in [6.07, 6.45) is 7.19. The lowest BCUT2D eigenvalue weighted by atomic mass is 9.79. The van der Waals surface area contributed by atoms with Crippen LogP contribution < -0.4 is 5.32 Å². The zero-order valence-electron chi connectivity index (χ0n) is 13.8. The maximum atomic E-state index is 11.9. The standard InChI is InChI=1S/C16H32N2O2S/c1-4-21(19,20)18-11-9-16(10-12-18)17-15-7-5-14(6-8-15)13(2)3/h13-17H,4-12H2,1-3H3. The van der Waals surface area contributed by atoms with Crippen molar-refractivity contribution in [3.8, 4) is 0 Å². The summed E-state index contributed by atoms with van der Waals surface area (Å²) in [5.41, 5.74) is 0. The summed E-state index contributed by atoms with van der Waals surface area (Å²) < 4.78 is 25.4. The fourth-order valence-electron chi connectivity index (χ4n) is 3.77. The number of hydrogen-bond donors (Lipinski definition) is 1. The van der Waals surface area contributed by atoms with Crippen molar-refractivity contribution in [1.29, 1.82) is 0 Å². The first-order valence-electron chi connectivity index (χ1n) is 8.66. The van der Waals surface area contributed by atoms with Crippen LogP contribution in [0.3, 0.4) is 0 Å². The normalized spacial score (nSPS) is 29.9. The Labute approximate surface area is 130 Å². The summed E-state index contributed by atoms with van der Waals surface area (Å²) in [5, 5.41) is 3.79. The van der Waals surface area contributed by atoms with Gasteiger partial charge in [-0.1, -0.05) is 13.8 Å². The number of rotatable bonds is 5. The van der Waals surface area contributed by atoms with Gasteiger partial charge in [-0.2, -0.15) is 0 Å². The molecule has 0 unspecified atom stereocenters. The molecule has 5 heteroatoms. The van der Waals surface area contributed by atoms with Crippen LogP contribution in [0.4, 0.5) is 0 Å². The van der Waals surface area contributed by atoms with Crippen molar-refractivity contribution in [3.05, 3.63) is 0 Å². The Hall–Kier alpha value is -0.130. The molecular weight excluding hydrogens is 284 g/mol. The van der Waals surface area contributed by atoms with Gasteiger partial charge in [0.25, 0.3) is 0 Å². The number of nitrogens with zero attached hydrogens (tertiary/aromatic N) is 1. The molecule has 1 heterocycles. The van der Waals surface area contributed by atoms with Gasteiger partial charge in [0.15, 0.2) is 0 Å². The lowest BCUT2D eigenvalue weighted by Gasteiger charge is -2.37. The van der Waals surface area contributed by atoms with Gasteiger partial charge in [0.05, 0.1) is 5.75 Å². The molecule has 1 aliphatic heterocycles. The van der Waals surface area contributed by atoms with E-state index >= 15 is 0 Å². The number of piperidine rings is 1. The quantitative estimate of drug-likeness (QED) is 0.848. The highest BCUT2D eigenvalue weighted by Crippen LogP contribution is 2.30. The minimum Gasteiger partial charge on any atom is -0.311 e. The van der Waals surface area contributed by atoms with E-state index in [0.717, 1.165) is 24.7 Å². The van der Waals surface area contributed by atoms with Crippen molar-refractivity contribution in [2.75, 3.05) is 18.8 Å². The zero-order chi connectivity index (χ0) is 15.5. The molecule has 0 aromatic heterocycles. The summed E-state index contributed by atoms with van der Waals surface area (Å²) in [4.78, 5) is 0. The molecular formula is C16H32N2O2S. The van der Waals surface area contributed by atoms with E-state index in [1.54, 1.807) is 11.2 Å². The van der Waals surface area contributed by atoms with E-state index in [9.17, 15) is 8.42 Å². The van der Waals surface area contributed by atoms with Crippen LogP contribution in [0, 0.1) is 11.8 Å². The van der Waals surface area contributed by atoms with Gasteiger partial charge in [-0.15, -0.1) is 0 Å². The van der Waals surface area contributed by atoms with Crippen LogP contribution in [0.1, 0.15) is 59.3 Å². The molecule has 0 spiro atoms. The lowest BCUT2D eigenvalue weighted by molar-refractivity contribution is 0.207.